The van der Waals surface area contributed by atoms with Crippen LogP contribution in [-0.4, -0.2) is 35.0 Å². The first-order valence-electron chi connectivity index (χ1n) is 9.46. The molecule has 1 saturated heterocycles. The van der Waals surface area contributed by atoms with Crippen LogP contribution >= 0.6 is 0 Å². The molecule has 0 radical (unpaired) electrons. The number of phenols is 1. The number of aromatic hydroxyl groups is 1. The zero-order chi connectivity index (χ0) is 19.6. The predicted molar refractivity (Wildman–Crippen MR) is 106 cm³/mol. The van der Waals surface area contributed by atoms with E-state index >= 15 is 0 Å². The summed E-state index contributed by atoms with van der Waals surface area (Å²) in [6.07, 6.45) is 3.55. The Morgan fingerprint density at radius 1 is 1.11 bits per heavy atom. The molecule has 0 saturated carbocycles. The Kier molecular flexibility index (Phi) is 5.48. The van der Waals surface area contributed by atoms with Crippen molar-refractivity contribution in [3.8, 4) is 5.75 Å². The van der Waals surface area contributed by atoms with E-state index in [0.29, 0.717) is 13.1 Å². The topological polar surface area (TPSA) is 98.7 Å². The molecule has 0 bridgehead atoms. The predicted octanol–water partition coefficient (Wildman–Crippen LogP) is 2.57. The van der Waals surface area contributed by atoms with Crippen LogP contribution in [0.5, 0.6) is 5.75 Å². The van der Waals surface area contributed by atoms with Gasteiger partial charge in [0, 0.05) is 19.1 Å². The van der Waals surface area contributed by atoms with Crippen molar-refractivity contribution in [3.63, 3.8) is 0 Å². The second-order valence-electron chi connectivity index (χ2n) is 6.89. The van der Waals surface area contributed by atoms with Gasteiger partial charge >= 0.3 is 0 Å². The maximum Gasteiger partial charge on any atom is 0.257 e. The van der Waals surface area contributed by atoms with Gasteiger partial charge in [0.1, 0.15) is 11.4 Å². The summed E-state index contributed by atoms with van der Waals surface area (Å²) in [7, 11) is 0. The first-order chi connectivity index (χ1) is 13.0. The number of hydrogen-bond donors (Lipinski definition) is 3. The van der Waals surface area contributed by atoms with E-state index in [4.69, 9.17) is 0 Å². The number of carbonyl (C=O) groups excluding carboxylic acids is 1. The normalized spacial score (nSPS) is 14.1. The number of nitrogens with zero attached hydrogens (tertiary/aromatic N) is 1. The number of para-hydroxylation sites is 1. The molecule has 1 aliphatic rings. The lowest BCUT2D eigenvalue weighted by molar-refractivity contribution is 0.0790. The number of amides is 1. The molecule has 1 fully saturated rings. The molecular weight excluding hydrogens is 346 g/mol. The van der Waals surface area contributed by atoms with Gasteiger partial charge in [0.15, 0.2) is 5.75 Å². The smallest absolute Gasteiger partial charge is 0.257 e. The van der Waals surface area contributed by atoms with Gasteiger partial charge in [0.05, 0.1) is 11.3 Å². The van der Waals surface area contributed by atoms with E-state index in [2.05, 4.69) is 10.6 Å². The molecule has 0 spiro atoms. The molecular formula is C20H25N3O4. The van der Waals surface area contributed by atoms with E-state index in [0.717, 1.165) is 25.7 Å². The van der Waals surface area contributed by atoms with Crippen molar-refractivity contribution in [1.82, 2.24) is 4.90 Å². The van der Waals surface area contributed by atoms with Gasteiger partial charge in [-0.15, -0.1) is 0 Å². The van der Waals surface area contributed by atoms with Crippen molar-refractivity contribution in [2.75, 3.05) is 23.7 Å². The van der Waals surface area contributed by atoms with Crippen molar-refractivity contribution < 1.29 is 9.90 Å². The van der Waals surface area contributed by atoms with Crippen LogP contribution in [0.3, 0.4) is 0 Å². The molecule has 7 heteroatoms. The molecule has 0 unspecified atom stereocenters. The highest BCUT2D eigenvalue weighted by atomic mass is 16.3. The van der Waals surface area contributed by atoms with E-state index in [1.54, 1.807) is 23.1 Å². The van der Waals surface area contributed by atoms with Crippen LogP contribution in [0.4, 0.5) is 17.1 Å². The highest BCUT2D eigenvalue weighted by Crippen LogP contribution is 2.33. The zero-order valence-electron chi connectivity index (χ0n) is 15.7. The fourth-order valence-corrected chi connectivity index (χ4v) is 3.39. The van der Waals surface area contributed by atoms with E-state index in [-0.39, 0.29) is 40.3 Å². The Bertz CT molecular complexity index is 905. The van der Waals surface area contributed by atoms with Gasteiger partial charge in [-0.25, -0.2) is 0 Å². The van der Waals surface area contributed by atoms with Crippen molar-refractivity contribution in [3.05, 3.63) is 44.2 Å². The summed E-state index contributed by atoms with van der Waals surface area (Å²) >= 11 is 0. The van der Waals surface area contributed by atoms with Crippen LogP contribution in [-0.2, 0) is 0 Å². The highest BCUT2D eigenvalue weighted by molar-refractivity contribution is 5.99. The molecule has 144 valence electrons. The Balaban J connectivity index is 1.86. The van der Waals surface area contributed by atoms with Gasteiger partial charge in [-0.2, -0.15) is 0 Å². The van der Waals surface area contributed by atoms with Gasteiger partial charge < -0.3 is 20.6 Å². The van der Waals surface area contributed by atoms with Crippen LogP contribution < -0.4 is 21.5 Å². The number of phenolic OH excluding ortho intramolecular Hbond substituents is 1. The third kappa shape index (κ3) is 3.54. The van der Waals surface area contributed by atoms with Crippen LogP contribution in [0.2, 0.25) is 0 Å². The summed E-state index contributed by atoms with van der Waals surface area (Å²) in [5.41, 5.74) is -0.389. The third-order valence-electron chi connectivity index (χ3n) is 5.16. The van der Waals surface area contributed by atoms with Gasteiger partial charge in [-0.1, -0.05) is 19.9 Å². The highest BCUT2D eigenvalue weighted by Gasteiger charge is 2.26. The first-order valence-corrected chi connectivity index (χ1v) is 9.46. The Morgan fingerprint density at radius 3 is 2.37 bits per heavy atom. The van der Waals surface area contributed by atoms with Crippen LogP contribution in [0.1, 0.15) is 49.9 Å². The summed E-state index contributed by atoms with van der Waals surface area (Å²) in [6, 6.07) is 4.87. The fourth-order valence-electron chi connectivity index (χ4n) is 3.39. The quantitative estimate of drug-likeness (QED) is 0.511. The fraction of sp³-hybridized carbons (Fsp3) is 0.450. The number of benzene rings is 1. The Morgan fingerprint density at radius 2 is 1.74 bits per heavy atom. The number of likely N-dealkylation sites (tertiary alicyclic amines) is 1. The van der Waals surface area contributed by atoms with Crippen molar-refractivity contribution in [2.24, 2.45) is 0 Å². The Labute approximate surface area is 157 Å². The third-order valence-corrected chi connectivity index (χ3v) is 5.16. The summed E-state index contributed by atoms with van der Waals surface area (Å²) < 4.78 is 0. The lowest BCUT2D eigenvalue weighted by Gasteiger charge is -2.21. The average Bonchev–Trinajstić information content (AvgIpc) is 3.22. The van der Waals surface area contributed by atoms with E-state index in [1.807, 2.05) is 13.8 Å². The molecule has 0 aromatic heterocycles. The maximum atomic E-state index is 12.6. The first kappa shape index (κ1) is 18.9. The average molecular weight is 371 g/mol. The minimum atomic E-state index is -0.626. The number of carbonyl (C=O) groups is 1. The zero-order valence-corrected chi connectivity index (χ0v) is 15.7. The molecule has 1 amide bonds. The molecule has 0 aliphatic carbocycles. The number of nitrogens with one attached hydrogen (secondary N) is 2. The summed E-state index contributed by atoms with van der Waals surface area (Å²) in [5, 5.41) is 16.5. The standard InChI is InChI=1S/C20H25N3O4/c1-3-12(4-2)21-15-16(19(26)18(15)25)22-14-9-7-8-13(17(14)24)20(27)23-10-5-6-11-23/h7-9,12,21-22,24H,3-6,10-11H2,1-2H3. The van der Waals surface area contributed by atoms with E-state index in [1.165, 1.54) is 0 Å². The van der Waals surface area contributed by atoms with Gasteiger partial charge in [0.2, 0.25) is 0 Å². The number of hydrogen-bond acceptors (Lipinski definition) is 6. The molecule has 1 aliphatic heterocycles. The lowest BCUT2D eigenvalue weighted by atomic mass is 10.1. The SMILES string of the molecule is CCC(CC)Nc1c(Nc2cccc(C(=O)N3CCCC3)c2O)c(=O)c1=O. The van der Waals surface area contributed by atoms with Crippen LogP contribution in [0.25, 0.3) is 0 Å². The second-order valence-corrected chi connectivity index (χ2v) is 6.89. The summed E-state index contributed by atoms with van der Waals surface area (Å²) in [6.45, 7) is 5.35. The van der Waals surface area contributed by atoms with Gasteiger partial charge in [-0.3, -0.25) is 14.4 Å². The molecule has 3 N–H and O–H groups in total. The van der Waals surface area contributed by atoms with Crippen molar-refractivity contribution in [1.29, 1.82) is 0 Å². The molecule has 2 aromatic carbocycles. The van der Waals surface area contributed by atoms with Gasteiger partial charge in [0.25, 0.3) is 16.8 Å². The maximum absolute atomic E-state index is 12.6. The minimum absolute atomic E-state index is 0.0884. The van der Waals surface area contributed by atoms with Crippen LogP contribution in [0, 0.1) is 0 Å². The number of anilines is 3. The number of rotatable bonds is 7. The van der Waals surface area contributed by atoms with Gasteiger partial charge in [-0.05, 0) is 37.8 Å². The Hall–Kier alpha value is -2.83. The molecule has 7 nitrogen and oxygen atoms in total. The molecule has 0 atom stereocenters. The largest absolute Gasteiger partial charge is 0.505 e. The van der Waals surface area contributed by atoms with E-state index in [9.17, 15) is 19.5 Å². The lowest BCUT2D eigenvalue weighted by Crippen LogP contribution is -2.38. The second kappa shape index (κ2) is 7.82. The van der Waals surface area contributed by atoms with Crippen molar-refractivity contribution >= 4 is 23.0 Å². The molecule has 2 aromatic rings. The summed E-state index contributed by atoms with van der Waals surface area (Å²) in [5.74, 6) is -0.440. The monoisotopic (exact) mass is 371 g/mol. The van der Waals surface area contributed by atoms with Crippen molar-refractivity contribution in [2.45, 2.75) is 45.6 Å². The summed E-state index contributed by atoms with van der Waals surface area (Å²) in [4.78, 5) is 38.2. The minimum Gasteiger partial charge on any atom is -0.505 e. The molecule has 27 heavy (non-hydrogen) atoms. The molecule has 1 heterocycles. The molecule has 3 rings (SSSR count). The van der Waals surface area contributed by atoms with Crippen LogP contribution in [0.15, 0.2) is 27.8 Å². The van der Waals surface area contributed by atoms with E-state index < -0.39 is 10.9 Å².